The predicted molar refractivity (Wildman–Crippen MR) is 82.4 cm³/mol. The molecule has 3 aliphatic heterocycles. The lowest BCUT2D eigenvalue weighted by molar-refractivity contribution is -0.953. The minimum absolute atomic E-state index is 0.0690. The lowest BCUT2D eigenvalue weighted by atomic mass is 10.1. The molecule has 5 nitrogen and oxygen atoms in total. The standard InChI is InChI=1S/C15H17ClN4O/c16-11-1-2-12-13(9-11)17-14(18-15(12)21)10-20-6-3-19(4-7-20)5-8-20/h1-2,9H,3-8,10H2/p+1. The Bertz CT molecular complexity index is 735. The summed E-state index contributed by atoms with van der Waals surface area (Å²) in [6.07, 6.45) is 0. The number of quaternary nitrogens is 1. The Morgan fingerprint density at radius 1 is 1.24 bits per heavy atom. The molecular formula is C15H18ClN4O+. The van der Waals surface area contributed by atoms with Crippen LogP contribution in [0.5, 0.6) is 0 Å². The Morgan fingerprint density at radius 2 is 1.95 bits per heavy atom. The van der Waals surface area contributed by atoms with Gasteiger partial charge in [-0.2, -0.15) is 0 Å². The lowest BCUT2D eigenvalue weighted by Gasteiger charge is -2.50. The van der Waals surface area contributed by atoms with E-state index in [1.807, 2.05) is 0 Å². The number of hydrogen-bond donors (Lipinski definition) is 1. The van der Waals surface area contributed by atoms with Crippen molar-refractivity contribution in [2.24, 2.45) is 0 Å². The predicted octanol–water partition coefficient (Wildman–Crippen LogP) is 1.22. The number of piperazine rings is 3. The van der Waals surface area contributed by atoms with Gasteiger partial charge in [0.25, 0.3) is 5.56 Å². The van der Waals surface area contributed by atoms with Crippen LogP contribution in [0.15, 0.2) is 23.0 Å². The molecule has 2 aromatic rings. The molecule has 1 N–H and O–H groups in total. The third-order valence-corrected chi connectivity index (χ3v) is 5.11. The van der Waals surface area contributed by atoms with E-state index in [1.165, 1.54) is 0 Å². The first-order valence-corrected chi connectivity index (χ1v) is 7.77. The Hall–Kier alpha value is -1.43. The molecule has 1 aromatic carbocycles. The van der Waals surface area contributed by atoms with Crippen LogP contribution in [0, 0.1) is 0 Å². The Kier molecular flexibility index (Phi) is 3.03. The topological polar surface area (TPSA) is 49.0 Å². The van der Waals surface area contributed by atoms with Crippen LogP contribution in [-0.2, 0) is 6.54 Å². The van der Waals surface area contributed by atoms with Crippen molar-refractivity contribution >= 4 is 22.5 Å². The summed E-state index contributed by atoms with van der Waals surface area (Å²) in [5, 5.41) is 1.22. The highest BCUT2D eigenvalue weighted by Gasteiger charge is 2.38. The largest absolute Gasteiger partial charge is 0.314 e. The van der Waals surface area contributed by atoms with Gasteiger partial charge in [-0.05, 0) is 18.2 Å². The molecule has 6 heteroatoms. The number of nitrogens with zero attached hydrogens (tertiary/aromatic N) is 3. The summed E-state index contributed by atoms with van der Waals surface area (Å²) in [5.41, 5.74) is 0.621. The van der Waals surface area contributed by atoms with Crippen molar-refractivity contribution in [3.63, 3.8) is 0 Å². The summed E-state index contributed by atoms with van der Waals surface area (Å²) in [6.45, 7) is 7.73. The molecule has 0 atom stereocenters. The first-order chi connectivity index (χ1) is 10.1. The van der Waals surface area contributed by atoms with Crippen LogP contribution in [-0.4, -0.2) is 58.6 Å². The Balaban J connectivity index is 1.72. The summed E-state index contributed by atoms with van der Waals surface area (Å²) < 4.78 is 1.05. The maximum absolute atomic E-state index is 12.2. The molecule has 0 radical (unpaired) electrons. The molecule has 0 saturated carbocycles. The van der Waals surface area contributed by atoms with E-state index < -0.39 is 0 Å². The van der Waals surface area contributed by atoms with E-state index in [2.05, 4.69) is 14.9 Å². The van der Waals surface area contributed by atoms with Gasteiger partial charge in [0.2, 0.25) is 0 Å². The number of hydrogen-bond acceptors (Lipinski definition) is 3. The lowest BCUT2D eigenvalue weighted by Crippen LogP contribution is -2.66. The van der Waals surface area contributed by atoms with Crippen molar-refractivity contribution in [1.82, 2.24) is 14.9 Å². The number of aromatic amines is 1. The van der Waals surface area contributed by atoms with Gasteiger partial charge in [-0.15, -0.1) is 0 Å². The molecule has 110 valence electrons. The van der Waals surface area contributed by atoms with Gasteiger partial charge in [0.15, 0.2) is 5.82 Å². The quantitative estimate of drug-likeness (QED) is 0.849. The fraction of sp³-hybridized carbons (Fsp3) is 0.467. The van der Waals surface area contributed by atoms with Crippen LogP contribution >= 0.6 is 11.6 Å². The molecule has 0 aliphatic carbocycles. The maximum atomic E-state index is 12.2. The molecule has 2 bridgehead atoms. The van der Waals surface area contributed by atoms with E-state index >= 15 is 0 Å². The second kappa shape index (κ2) is 4.80. The average molecular weight is 306 g/mol. The van der Waals surface area contributed by atoms with Crippen LogP contribution in [0.25, 0.3) is 10.9 Å². The van der Waals surface area contributed by atoms with Crippen LogP contribution in [0.1, 0.15) is 5.82 Å². The molecule has 0 amide bonds. The summed E-state index contributed by atoms with van der Waals surface area (Å²) in [6, 6.07) is 5.23. The molecule has 0 spiro atoms. The van der Waals surface area contributed by atoms with Crippen LogP contribution in [0.4, 0.5) is 0 Å². The summed E-state index contributed by atoms with van der Waals surface area (Å²) in [5.74, 6) is 0.783. The van der Waals surface area contributed by atoms with Crippen LogP contribution in [0.3, 0.4) is 0 Å². The molecule has 0 unspecified atom stereocenters. The van der Waals surface area contributed by atoms with Crippen molar-refractivity contribution in [3.8, 4) is 0 Å². The number of benzene rings is 1. The first-order valence-electron chi connectivity index (χ1n) is 7.40. The van der Waals surface area contributed by atoms with Crippen molar-refractivity contribution in [2.45, 2.75) is 6.54 Å². The zero-order chi connectivity index (χ0) is 14.4. The van der Waals surface area contributed by atoms with Crippen molar-refractivity contribution in [3.05, 3.63) is 39.4 Å². The van der Waals surface area contributed by atoms with Crippen molar-refractivity contribution < 1.29 is 4.48 Å². The zero-order valence-electron chi connectivity index (χ0n) is 11.8. The van der Waals surface area contributed by atoms with Gasteiger partial charge < -0.3 is 9.47 Å². The van der Waals surface area contributed by atoms with Gasteiger partial charge in [-0.3, -0.25) is 9.69 Å². The number of H-pyrrole nitrogens is 1. The smallest absolute Gasteiger partial charge is 0.258 e. The number of rotatable bonds is 2. The van der Waals surface area contributed by atoms with Crippen molar-refractivity contribution in [2.75, 3.05) is 39.3 Å². The fourth-order valence-electron chi connectivity index (χ4n) is 3.52. The molecule has 21 heavy (non-hydrogen) atoms. The summed E-state index contributed by atoms with van der Waals surface area (Å²) >= 11 is 6.01. The second-order valence-electron chi connectivity index (χ2n) is 6.19. The van der Waals surface area contributed by atoms with E-state index in [0.717, 1.165) is 56.1 Å². The molecular weight excluding hydrogens is 288 g/mol. The molecule has 1 aromatic heterocycles. The van der Waals surface area contributed by atoms with Crippen LogP contribution in [0.2, 0.25) is 5.02 Å². The third-order valence-electron chi connectivity index (χ3n) is 4.87. The zero-order valence-corrected chi connectivity index (χ0v) is 12.6. The highest BCUT2D eigenvalue weighted by Crippen LogP contribution is 2.22. The molecule has 5 rings (SSSR count). The van der Waals surface area contributed by atoms with Gasteiger partial charge in [-0.25, -0.2) is 4.98 Å². The third kappa shape index (κ3) is 2.35. The number of halogens is 1. The minimum Gasteiger partial charge on any atom is -0.314 e. The molecule has 3 aliphatic rings. The first kappa shape index (κ1) is 13.2. The van der Waals surface area contributed by atoms with Gasteiger partial charge in [0, 0.05) is 24.7 Å². The summed E-state index contributed by atoms with van der Waals surface area (Å²) in [4.78, 5) is 22.3. The molecule has 4 heterocycles. The second-order valence-corrected chi connectivity index (χ2v) is 6.62. The minimum atomic E-state index is -0.0690. The Labute approximate surface area is 127 Å². The molecule has 3 fully saturated rings. The van der Waals surface area contributed by atoms with E-state index in [-0.39, 0.29) is 5.56 Å². The van der Waals surface area contributed by atoms with E-state index in [9.17, 15) is 4.79 Å². The SMILES string of the molecule is O=c1[nH]c(C[N+]23CCN(CC2)CC3)nc2cc(Cl)ccc12. The maximum Gasteiger partial charge on any atom is 0.258 e. The van der Waals surface area contributed by atoms with Crippen LogP contribution < -0.4 is 5.56 Å². The number of aromatic nitrogens is 2. The van der Waals surface area contributed by atoms with E-state index in [4.69, 9.17) is 11.6 Å². The van der Waals surface area contributed by atoms with Crippen molar-refractivity contribution in [1.29, 1.82) is 0 Å². The van der Waals surface area contributed by atoms with Gasteiger partial charge in [0.1, 0.15) is 6.54 Å². The fourth-order valence-corrected chi connectivity index (χ4v) is 3.69. The monoisotopic (exact) mass is 305 g/mol. The number of nitrogens with one attached hydrogen (secondary N) is 1. The van der Waals surface area contributed by atoms with E-state index in [1.54, 1.807) is 18.2 Å². The molecule has 3 saturated heterocycles. The highest BCUT2D eigenvalue weighted by molar-refractivity contribution is 6.31. The van der Waals surface area contributed by atoms with Gasteiger partial charge >= 0.3 is 0 Å². The Morgan fingerprint density at radius 3 is 2.67 bits per heavy atom. The normalized spacial score (nSPS) is 28.1. The van der Waals surface area contributed by atoms with E-state index in [0.29, 0.717) is 15.9 Å². The van der Waals surface area contributed by atoms with Gasteiger partial charge in [0.05, 0.1) is 30.5 Å². The number of fused-ring (bicyclic) bond motifs is 4. The van der Waals surface area contributed by atoms with Gasteiger partial charge in [-0.1, -0.05) is 11.6 Å². The highest BCUT2D eigenvalue weighted by atomic mass is 35.5. The summed E-state index contributed by atoms with van der Waals surface area (Å²) in [7, 11) is 0. The average Bonchev–Trinajstić information content (AvgIpc) is 2.48.